The van der Waals surface area contributed by atoms with Gasteiger partial charge in [-0.3, -0.25) is 4.79 Å². The van der Waals surface area contributed by atoms with Gasteiger partial charge in [-0.15, -0.1) is 0 Å². The Bertz CT molecular complexity index is 318. The van der Waals surface area contributed by atoms with Crippen LogP contribution in [0.25, 0.3) is 0 Å². The number of benzene rings is 1. The molecule has 1 rings (SSSR count). The Morgan fingerprint density at radius 1 is 1.31 bits per heavy atom. The third-order valence-corrected chi connectivity index (χ3v) is 1.77. The minimum absolute atomic E-state index is 0.0159. The standard InChI is InChI=1S/C10H12O3/c1-2-3-8(11)7-4-5-9(12)10(13)6-7/h4-6,12-13H,2-3H2,1H3. The number of hydrogen-bond acceptors (Lipinski definition) is 3. The predicted octanol–water partition coefficient (Wildman–Crippen LogP) is 2.08. The molecule has 0 fully saturated rings. The molecule has 1 aromatic rings. The number of carbonyl (C=O) groups excluding carboxylic acids is 1. The van der Waals surface area contributed by atoms with E-state index in [0.29, 0.717) is 12.0 Å². The third kappa shape index (κ3) is 2.21. The van der Waals surface area contributed by atoms with E-state index in [1.54, 1.807) is 0 Å². The van der Waals surface area contributed by atoms with Crippen LogP contribution in [0.15, 0.2) is 18.2 Å². The van der Waals surface area contributed by atoms with Crippen molar-refractivity contribution in [2.75, 3.05) is 0 Å². The number of Topliss-reactive ketones (excluding diaryl/α,β-unsaturated/α-hetero) is 1. The smallest absolute Gasteiger partial charge is 0.163 e. The molecule has 0 unspecified atom stereocenters. The van der Waals surface area contributed by atoms with Gasteiger partial charge in [-0.05, 0) is 24.6 Å². The van der Waals surface area contributed by atoms with E-state index in [1.807, 2.05) is 6.92 Å². The van der Waals surface area contributed by atoms with Gasteiger partial charge < -0.3 is 10.2 Å². The van der Waals surface area contributed by atoms with Crippen LogP contribution in [-0.2, 0) is 0 Å². The van der Waals surface area contributed by atoms with Gasteiger partial charge in [-0.25, -0.2) is 0 Å². The molecule has 70 valence electrons. The summed E-state index contributed by atoms with van der Waals surface area (Å²) < 4.78 is 0. The van der Waals surface area contributed by atoms with E-state index in [0.717, 1.165) is 6.42 Å². The van der Waals surface area contributed by atoms with Crippen LogP contribution in [0.2, 0.25) is 0 Å². The number of aromatic hydroxyl groups is 2. The lowest BCUT2D eigenvalue weighted by atomic mass is 10.1. The second-order valence-corrected chi connectivity index (χ2v) is 2.88. The minimum atomic E-state index is -0.248. The second kappa shape index (κ2) is 3.94. The van der Waals surface area contributed by atoms with Crippen molar-refractivity contribution < 1.29 is 15.0 Å². The Labute approximate surface area is 76.6 Å². The normalized spacial score (nSPS) is 9.92. The number of ketones is 1. The van der Waals surface area contributed by atoms with E-state index in [9.17, 15) is 4.79 Å². The zero-order chi connectivity index (χ0) is 9.84. The van der Waals surface area contributed by atoms with E-state index in [4.69, 9.17) is 10.2 Å². The van der Waals surface area contributed by atoms with Crippen LogP contribution in [0.1, 0.15) is 30.1 Å². The SMILES string of the molecule is CCCC(=O)c1ccc(O)c(O)c1. The first-order chi connectivity index (χ1) is 6.15. The summed E-state index contributed by atoms with van der Waals surface area (Å²) in [5, 5.41) is 18.1. The summed E-state index contributed by atoms with van der Waals surface area (Å²) in [6, 6.07) is 4.11. The second-order valence-electron chi connectivity index (χ2n) is 2.88. The van der Waals surface area contributed by atoms with Gasteiger partial charge in [0.25, 0.3) is 0 Å². The van der Waals surface area contributed by atoms with Crippen LogP contribution in [-0.4, -0.2) is 16.0 Å². The highest BCUT2D eigenvalue weighted by atomic mass is 16.3. The first kappa shape index (κ1) is 9.58. The van der Waals surface area contributed by atoms with E-state index < -0.39 is 0 Å². The van der Waals surface area contributed by atoms with Crippen LogP contribution < -0.4 is 0 Å². The Morgan fingerprint density at radius 3 is 2.54 bits per heavy atom. The highest BCUT2D eigenvalue weighted by molar-refractivity contribution is 5.96. The molecule has 1 aromatic carbocycles. The van der Waals surface area contributed by atoms with Crippen LogP contribution in [0.3, 0.4) is 0 Å². The summed E-state index contributed by atoms with van der Waals surface area (Å²) in [7, 11) is 0. The summed E-state index contributed by atoms with van der Waals surface area (Å²) in [5.74, 6) is -0.465. The first-order valence-corrected chi connectivity index (χ1v) is 4.20. The fourth-order valence-corrected chi connectivity index (χ4v) is 1.07. The lowest BCUT2D eigenvalue weighted by Crippen LogP contribution is -1.97. The van der Waals surface area contributed by atoms with Gasteiger partial charge >= 0.3 is 0 Å². The number of carbonyl (C=O) groups is 1. The fourth-order valence-electron chi connectivity index (χ4n) is 1.07. The average Bonchev–Trinajstić information content (AvgIpc) is 2.10. The Kier molecular flexibility index (Phi) is 2.90. The number of phenols is 2. The van der Waals surface area contributed by atoms with Crippen molar-refractivity contribution in [2.45, 2.75) is 19.8 Å². The number of hydrogen-bond donors (Lipinski definition) is 2. The maximum absolute atomic E-state index is 11.3. The summed E-state index contributed by atoms with van der Waals surface area (Å²) in [4.78, 5) is 11.3. The lowest BCUT2D eigenvalue weighted by Gasteiger charge is -2.01. The summed E-state index contributed by atoms with van der Waals surface area (Å²) >= 11 is 0. The number of rotatable bonds is 3. The lowest BCUT2D eigenvalue weighted by molar-refractivity contribution is 0.0981. The monoisotopic (exact) mass is 180 g/mol. The first-order valence-electron chi connectivity index (χ1n) is 4.20. The molecule has 0 saturated carbocycles. The molecule has 0 saturated heterocycles. The molecule has 0 bridgehead atoms. The molecular weight excluding hydrogens is 168 g/mol. The fraction of sp³-hybridized carbons (Fsp3) is 0.300. The summed E-state index contributed by atoms with van der Waals surface area (Å²) in [6.07, 6.45) is 1.24. The van der Waals surface area contributed by atoms with Gasteiger partial charge in [-0.2, -0.15) is 0 Å². The Hall–Kier alpha value is -1.51. The van der Waals surface area contributed by atoms with Crippen molar-refractivity contribution in [3.8, 4) is 11.5 Å². The van der Waals surface area contributed by atoms with E-state index in [-0.39, 0.29) is 17.3 Å². The number of phenolic OH excluding ortho intramolecular Hbond substituents is 2. The van der Waals surface area contributed by atoms with Crippen molar-refractivity contribution in [1.82, 2.24) is 0 Å². The molecule has 0 heterocycles. The molecule has 3 nitrogen and oxygen atoms in total. The highest BCUT2D eigenvalue weighted by Crippen LogP contribution is 2.25. The quantitative estimate of drug-likeness (QED) is 0.553. The van der Waals surface area contributed by atoms with E-state index in [2.05, 4.69) is 0 Å². The molecule has 3 heteroatoms. The molecule has 0 aliphatic heterocycles. The third-order valence-electron chi connectivity index (χ3n) is 1.77. The maximum Gasteiger partial charge on any atom is 0.163 e. The Balaban J connectivity index is 2.90. The highest BCUT2D eigenvalue weighted by Gasteiger charge is 2.07. The molecule has 0 atom stereocenters. The van der Waals surface area contributed by atoms with Gasteiger partial charge in [0, 0.05) is 12.0 Å². The van der Waals surface area contributed by atoms with Crippen LogP contribution in [0.4, 0.5) is 0 Å². The molecule has 0 aromatic heterocycles. The zero-order valence-electron chi connectivity index (χ0n) is 7.45. The van der Waals surface area contributed by atoms with Crippen molar-refractivity contribution in [3.63, 3.8) is 0 Å². The molecular formula is C10H12O3. The molecule has 0 aliphatic rings. The van der Waals surface area contributed by atoms with Crippen LogP contribution in [0, 0.1) is 0 Å². The average molecular weight is 180 g/mol. The Morgan fingerprint density at radius 2 is 2.00 bits per heavy atom. The van der Waals surface area contributed by atoms with E-state index in [1.165, 1.54) is 18.2 Å². The molecule has 13 heavy (non-hydrogen) atoms. The van der Waals surface area contributed by atoms with Gasteiger partial charge in [-0.1, -0.05) is 6.92 Å². The molecule has 0 radical (unpaired) electrons. The molecule has 0 spiro atoms. The largest absolute Gasteiger partial charge is 0.504 e. The van der Waals surface area contributed by atoms with Crippen molar-refractivity contribution in [3.05, 3.63) is 23.8 Å². The summed E-state index contributed by atoms with van der Waals surface area (Å²) in [6.45, 7) is 1.91. The molecule has 2 N–H and O–H groups in total. The summed E-state index contributed by atoms with van der Waals surface area (Å²) in [5.41, 5.74) is 0.442. The zero-order valence-corrected chi connectivity index (χ0v) is 7.45. The van der Waals surface area contributed by atoms with Crippen molar-refractivity contribution >= 4 is 5.78 Å². The van der Waals surface area contributed by atoms with Gasteiger partial charge in [0.1, 0.15) is 0 Å². The van der Waals surface area contributed by atoms with Gasteiger partial charge in [0.15, 0.2) is 17.3 Å². The molecule has 0 aliphatic carbocycles. The predicted molar refractivity (Wildman–Crippen MR) is 49.0 cm³/mol. The minimum Gasteiger partial charge on any atom is -0.504 e. The molecule has 0 amide bonds. The topological polar surface area (TPSA) is 57.5 Å². The van der Waals surface area contributed by atoms with Crippen LogP contribution in [0.5, 0.6) is 11.5 Å². The van der Waals surface area contributed by atoms with Crippen molar-refractivity contribution in [2.24, 2.45) is 0 Å². The van der Waals surface area contributed by atoms with Crippen molar-refractivity contribution in [1.29, 1.82) is 0 Å². The van der Waals surface area contributed by atoms with Gasteiger partial charge in [0.05, 0.1) is 0 Å². The van der Waals surface area contributed by atoms with Gasteiger partial charge in [0.2, 0.25) is 0 Å². The van der Waals surface area contributed by atoms with E-state index >= 15 is 0 Å². The van der Waals surface area contributed by atoms with Crippen LogP contribution >= 0.6 is 0 Å². The maximum atomic E-state index is 11.3.